The van der Waals surface area contributed by atoms with E-state index in [0.29, 0.717) is 23.4 Å². The van der Waals surface area contributed by atoms with E-state index in [2.05, 4.69) is 4.72 Å². The third kappa shape index (κ3) is 3.91. The number of nitrogens with zero attached hydrogens (tertiary/aromatic N) is 1. The first-order chi connectivity index (χ1) is 14.1. The first-order valence-electron chi connectivity index (χ1n) is 10.0. The Morgan fingerprint density at radius 1 is 1.23 bits per heavy atom. The first kappa shape index (κ1) is 21.1. The van der Waals surface area contributed by atoms with Crippen molar-refractivity contribution in [1.29, 1.82) is 0 Å². The van der Waals surface area contributed by atoms with Crippen molar-refractivity contribution in [1.82, 2.24) is 9.29 Å². The van der Waals surface area contributed by atoms with Crippen molar-refractivity contribution in [2.24, 2.45) is 0 Å². The van der Waals surface area contributed by atoms with E-state index in [1.165, 1.54) is 0 Å². The number of aromatic nitrogens is 1. The van der Waals surface area contributed by atoms with Gasteiger partial charge >= 0.3 is 4.87 Å². The lowest BCUT2D eigenvalue weighted by atomic mass is 9.89. The summed E-state index contributed by atoms with van der Waals surface area (Å²) in [4.78, 5) is 12.3. The lowest BCUT2D eigenvalue weighted by molar-refractivity contribution is 0.0701. The van der Waals surface area contributed by atoms with Crippen LogP contribution in [0, 0.1) is 6.92 Å². The fraction of sp³-hybridized carbons (Fsp3) is 0.409. The SMILES string of the molecule is CCCn1c(=O)sc2cc(S(=O)(=O)N[C@@H]3CC(C)(C)Oc4ccc(C)cc43)ccc21. The van der Waals surface area contributed by atoms with Crippen LogP contribution in [0.4, 0.5) is 0 Å². The highest BCUT2D eigenvalue weighted by molar-refractivity contribution is 7.89. The lowest BCUT2D eigenvalue weighted by Crippen LogP contribution is -2.41. The van der Waals surface area contributed by atoms with Crippen LogP contribution in [0.15, 0.2) is 46.1 Å². The fourth-order valence-electron chi connectivity index (χ4n) is 3.98. The highest BCUT2D eigenvalue weighted by atomic mass is 32.2. The Hall–Kier alpha value is -2.16. The van der Waals surface area contributed by atoms with Crippen LogP contribution in [0.5, 0.6) is 5.75 Å². The maximum Gasteiger partial charge on any atom is 0.308 e. The summed E-state index contributed by atoms with van der Waals surface area (Å²) in [5.74, 6) is 0.704. The van der Waals surface area contributed by atoms with Crippen molar-refractivity contribution in [3.63, 3.8) is 0 Å². The van der Waals surface area contributed by atoms with E-state index in [0.717, 1.165) is 34.4 Å². The summed E-state index contributed by atoms with van der Waals surface area (Å²) in [7, 11) is -3.78. The number of benzene rings is 2. The van der Waals surface area contributed by atoms with Crippen molar-refractivity contribution in [2.75, 3.05) is 0 Å². The van der Waals surface area contributed by atoms with Crippen molar-refractivity contribution in [3.05, 3.63) is 57.2 Å². The number of fused-ring (bicyclic) bond motifs is 2. The molecule has 1 atom stereocenters. The zero-order valence-electron chi connectivity index (χ0n) is 17.6. The number of hydrogen-bond acceptors (Lipinski definition) is 5. The second-order valence-electron chi connectivity index (χ2n) is 8.43. The number of hydrogen-bond donors (Lipinski definition) is 1. The quantitative estimate of drug-likeness (QED) is 0.632. The van der Waals surface area contributed by atoms with E-state index in [4.69, 9.17) is 4.74 Å². The molecule has 0 saturated carbocycles. The first-order valence-corrected chi connectivity index (χ1v) is 12.3. The molecule has 0 unspecified atom stereocenters. The van der Waals surface area contributed by atoms with Gasteiger partial charge in [-0.3, -0.25) is 9.36 Å². The molecule has 0 radical (unpaired) electrons. The van der Waals surface area contributed by atoms with Gasteiger partial charge in [0.2, 0.25) is 10.0 Å². The van der Waals surface area contributed by atoms with E-state index >= 15 is 0 Å². The molecule has 0 spiro atoms. The molecule has 30 heavy (non-hydrogen) atoms. The molecule has 1 N–H and O–H groups in total. The number of ether oxygens (including phenoxy) is 1. The Morgan fingerprint density at radius 2 is 2.00 bits per heavy atom. The van der Waals surface area contributed by atoms with Gasteiger partial charge in [-0.25, -0.2) is 13.1 Å². The second kappa shape index (κ2) is 7.51. The monoisotopic (exact) mass is 446 g/mol. The molecular weight excluding hydrogens is 420 g/mol. The summed E-state index contributed by atoms with van der Waals surface area (Å²) in [6.07, 6.45) is 1.36. The van der Waals surface area contributed by atoms with Gasteiger partial charge < -0.3 is 4.74 Å². The van der Waals surface area contributed by atoms with Crippen LogP contribution < -0.4 is 14.3 Å². The summed E-state index contributed by atoms with van der Waals surface area (Å²) in [6.45, 7) is 8.51. The normalized spacial score (nSPS) is 18.2. The minimum absolute atomic E-state index is 0.0649. The zero-order valence-corrected chi connectivity index (χ0v) is 19.2. The van der Waals surface area contributed by atoms with Crippen LogP contribution in [0.25, 0.3) is 10.2 Å². The second-order valence-corrected chi connectivity index (χ2v) is 11.1. The van der Waals surface area contributed by atoms with Crippen molar-refractivity contribution in [3.8, 4) is 5.75 Å². The molecule has 160 valence electrons. The lowest BCUT2D eigenvalue weighted by Gasteiger charge is -2.38. The molecule has 1 aromatic heterocycles. The molecule has 2 aromatic carbocycles. The molecule has 0 aliphatic carbocycles. The third-order valence-electron chi connectivity index (χ3n) is 5.32. The molecule has 8 heteroatoms. The van der Waals surface area contributed by atoms with Crippen molar-refractivity contribution < 1.29 is 13.2 Å². The van der Waals surface area contributed by atoms with Gasteiger partial charge in [-0.1, -0.05) is 36.0 Å². The van der Waals surface area contributed by atoms with Crippen molar-refractivity contribution >= 4 is 31.6 Å². The van der Waals surface area contributed by atoms with Gasteiger partial charge in [0.15, 0.2) is 0 Å². The number of thiazole rings is 1. The van der Waals surface area contributed by atoms with E-state index in [1.807, 2.05) is 45.9 Å². The van der Waals surface area contributed by atoms with E-state index in [1.54, 1.807) is 22.8 Å². The molecule has 3 aromatic rings. The number of nitrogens with one attached hydrogen (secondary N) is 1. The molecule has 6 nitrogen and oxygen atoms in total. The molecule has 0 amide bonds. The molecule has 0 fully saturated rings. The molecule has 2 heterocycles. The molecule has 0 saturated heterocycles. The van der Waals surface area contributed by atoms with Gasteiger partial charge in [-0.2, -0.15) is 0 Å². The minimum Gasteiger partial charge on any atom is -0.487 e. The van der Waals surface area contributed by atoms with Gasteiger partial charge in [0.1, 0.15) is 11.4 Å². The van der Waals surface area contributed by atoms with Crippen LogP contribution in [-0.4, -0.2) is 18.6 Å². The maximum absolute atomic E-state index is 13.2. The topological polar surface area (TPSA) is 77.4 Å². The highest BCUT2D eigenvalue weighted by Gasteiger charge is 2.36. The van der Waals surface area contributed by atoms with Crippen LogP contribution in [0.3, 0.4) is 0 Å². The number of aryl methyl sites for hydroxylation is 2. The average molecular weight is 447 g/mol. The largest absolute Gasteiger partial charge is 0.487 e. The van der Waals surface area contributed by atoms with Crippen LogP contribution in [0.1, 0.15) is 50.8 Å². The summed E-state index contributed by atoms with van der Waals surface area (Å²) >= 11 is 1.08. The molecule has 0 bridgehead atoms. The Kier molecular flexibility index (Phi) is 5.28. The van der Waals surface area contributed by atoms with Gasteiger partial charge in [-0.15, -0.1) is 0 Å². The van der Waals surface area contributed by atoms with Crippen LogP contribution >= 0.6 is 11.3 Å². The predicted octanol–water partition coefficient (Wildman–Crippen LogP) is 4.36. The summed E-state index contributed by atoms with van der Waals surface area (Å²) in [5, 5.41) is 0. The Morgan fingerprint density at radius 3 is 2.73 bits per heavy atom. The Labute approximate surface area is 180 Å². The molecular formula is C22H26N2O4S2. The fourth-order valence-corrected chi connectivity index (χ4v) is 6.26. The third-order valence-corrected chi connectivity index (χ3v) is 7.73. The van der Waals surface area contributed by atoms with Gasteiger partial charge in [-0.05, 0) is 51.5 Å². The van der Waals surface area contributed by atoms with E-state index < -0.39 is 21.7 Å². The molecule has 1 aliphatic heterocycles. The van der Waals surface area contributed by atoms with Crippen molar-refractivity contribution in [2.45, 2.75) is 63.6 Å². The molecule has 1 aliphatic rings. The highest BCUT2D eigenvalue weighted by Crippen LogP contribution is 2.40. The Balaban J connectivity index is 1.71. The van der Waals surface area contributed by atoms with Gasteiger partial charge in [0.25, 0.3) is 0 Å². The summed E-state index contributed by atoms with van der Waals surface area (Å²) in [6, 6.07) is 10.3. The summed E-state index contributed by atoms with van der Waals surface area (Å²) < 4.78 is 37.8. The number of rotatable bonds is 5. The number of sulfonamides is 1. The standard InChI is InChI=1S/C22H26N2O4S2/c1-5-10-24-18-8-7-15(12-20(18)29-21(24)25)30(26,27)23-17-13-22(3,4)28-19-9-6-14(2)11-16(17)19/h6-9,11-12,17,23H,5,10,13H2,1-4H3/t17-/m1/s1. The van der Waals surface area contributed by atoms with Crippen LogP contribution in [0.2, 0.25) is 0 Å². The molecule has 4 rings (SSSR count). The Bertz CT molecular complexity index is 1270. The maximum atomic E-state index is 13.2. The van der Waals surface area contributed by atoms with Gasteiger partial charge in [0.05, 0.1) is 21.2 Å². The zero-order chi connectivity index (χ0) is 21.7. The predicted molar refractivity (Wildman–Crippen MR) is 120 cm³/mol. The van der Waals surface area contributed by atoms with Crippen LogP contribution in [-0.2, 0) is 16.6 Å². The minimum atomic E-state index is -3.78. The van der Waals surface area contributed by atoms with E-state index in [9.17, 15) is 13.2 Å². The smallest absolute Gasteiger partial charge is 0.308 e. The van der Waals surface area contributed by atoms with Gasteiger partial charge in [0, 0.05) is 18.5 Å². The average Bonchev–Trinajstić information content (AvgIpc) is 2.96. The summed E-state index contributed by atoms with van der Waals surface area (Å²) in [5.41, 5.74) is 2.18. The van der Waals surface area contributed by atoms with E-state index in [-0.39, 0.29) is 9.77 Å².